The monoisotopic (exact) mass is 298 g/mol. The standard InChI is InChI=1S/C13H15FN2O5/c1-20-13(17)8-2-4-10(5-3-8)21-12-11(14)6-9(7-15-12)16(18)19/h6-8,10H,2-5H2,1H3/t8-,10+. The fourth-order valence-corrected chi connectivity index (χ4v) is 2.34. The Labute approximate surface area is 120 Å². The van der Waals surface area contributed by atoms with Gasteiger partial charge in [-0.25, -0.2) is 9.37 Å². The van der Waals surface area contributed by atoms with Crippen LogP contribution in [-0.2, 0) is 9.53 Å². The predicted molar refractivity (Wildman–Crippen MR) is 69.2 cm³/mol. The molecule has 1 fully saturated rings. The first-order valence-electron chi connectivity index (χ1n) is 6.55. The van der Waals surface area contributed by atoms with E-state index in [1.165, 1.54) is 7.11 Å². The van der Waals surface area contributed by atoms with Gasteiger partial charge < -0.3 is 9.47 Å². The van der Waals surface area contributed by atoms with E-state index in [0.29, 0.717) is 25.7 Å². The first-order valence-corrected chi connectivity index (χ1v) is 6.55. The molecule has 0 unspecified atom stereocenters. The number of rotatable bonds is 4. The van der Waals surface area contributed by atoms with Crippen LogP contribution in [0.4, 0.5) is 10.1 Å². The smallest absolute Gasteiger partial charge is 0.308 e. The fourth-order valence-electron chi connectivity index (χ4n) is 2.34. The number of ether oxygens (including phenoxy) is 2. The van der Waals surface area contributed by atoms with E-state index < -0.39 is 16.4 Å². The molecule has 1 aromatic rings. The van der Waals surface area contributed by atoms with Crippen LogP contribution in [-0.4, -0.2) is 29.1 Å². The molecule has 0 aliphatic heterocycles. The molecule has 8 heteroatoms. The van der Waals surface area contributed by atoms with E-state index in [9.17, 15) is 19.3 Å². The second-order valence-electron chi connectivity index (χ2n) is 4.85. The van der Waals surface area contributed by atoms with Crippen LogP contribution in [0.25, 0.3) is 0 Å². The molecule has 1 aliphatic rings. The summed E-state index contributed by atoms with van der Waals surface area (Å²) in [5, 5.41) is 10.5. The van der Waals surface area contributed by atoms with Gasteiger partial charge in [0.15, 0.2) is 5.82 Å². The zero-order chi connectivity index (χ0) is 15.4. The number of halogens is 1. The molecular weight excluding hydrogens is 283 g/mol. The number of pyridine rings is 1. The lowest BCUT2D eigenvalue weighted by Gasteiger charge is -2.27. The molecule has 0 aromatic carbocycles. The van der Waals surface area contributed by atoms with Gasteiger partial charge in [-0.05, 0) is 25.7 Å². The summed E-state index contributed by atoms with van der Waals surface area (Å²) in [6.45, 7) is 0. The Morgan fingerprint density at radius 1 is 1.43 bits per heavy atom. The SMILES string of the molecule is COC(=O)[C@H]1CC[C@@H](Oc2ncc([N+](=O)[O-])cc2F)CC1. The van der Waals surface area contributed by atoms with E-state index in [1.54, 1.807) is 0 Å². The van der Waals surface area contributed by atoms with E-state index in [2.05, 4.69) is 9.72 Å². The number of carbonyl (C=O) groups excluding carboxylic acids is 1. The van der Waals surface area contributed by atoms with Crippen LogP contribution in [0.5, 0.6) is 5.88 Å². The highest BCUT2D eigenvalue weighted by atomic mass is 19.1. The van der Waals surface area contributed by atoms with E-state index in [-0.39, 0.29) is 23.9 Å². The largest absolute Gasteiger partial charge is 0.472 e. The van der Waals surface area contributed by atoms with Crippen LogP contribution in [0.2, 0.25) is 0 Å². The Kier molecular flexibility index (Phi) is 4.66. The molecule has 114 valence electrons. The molecule has 1 heterocycles. The molecule has 7 nitrogen and oxygen atoms in total. The first-order chi connectivity index (χ1) is 10.0. The average molecular weight is 298 g/mol. The molecule has 0 saturated heterocycles. The minimum absolute atomic E-state index is 0.149. The number of hydrogen-bond donors (Lipinski definition) is 0. The van der Waals surface area contributed by atoms with Gasteiger partial charge in [0.2, 0.25) is 0 Å². The molecular formula is C13H15FN2O5. The Hall–Kier alpha value is -2.25. The van der Waals surface area contributed by atoms with E-state index in [4.69, 9.17) is 4.74 Å². The summed E-state index contributed by atoms with van der Waals surface area (Å²) in [4.78, 5) is 24.8. The van der Waals surface area contributed by atoms with E-state index >= 15 is 0 Å². The van der Waals surface area contributed by atoms with Gasteiger partial charge in [-0.3, -0.25) is 14.9 Å². The van der Waals surface area contributed by atoms with Crippen molar-refractivity contribution in [2.75, 3.05) is 7.11 Å². The van der Waals surface area contributed by atoms with Gasteiger partial charge in [0.25, 0.3) is 11.6 Å². The van der Waals surface area contributed by atoms with Gasteiger partial charge in [0, 0.05) is 0 Å². The topological polar surface area (TPSA) is 91.6 Å². The van der Waals surface area contributed by atoms with Crippen molar-refractivity contribution >= 4 is 11.7 Å². The summed E-state index contributed by atoms with van der Waals surface area (Å²) in [5.41, 5.74) is -0.422. The molecule has 21 heavy (non-hydrogen) atoms. The molecule has 0 radical (unpaired) electrons. The van der Waals surface area contributed by atoms with Crippen LogP contribution in [0, 0.1) is 21.8 Å². The van der Waals surface area contributed by atoms with Gasteiger partial charge in [-0.2, -0.15) is 0 Å². The molecule has 0 atom stereocenters. The summed E-state index contributed by atoms with van der Waals surface area (Å²) in [6.07, 6.45) is 3.07. The van der Waals surface area contributed by atoms with Crippen LogP contribution in [0.15, 0.2) is 12.3 Å². The van der Waals surface area contributed by atoms with Gasteiger partial charge in [-0.15, -0.1) is 0 Å². The summed E-state index contributed by atoms with van der Waals surface area (Å²) in [5.74, 6) is -1.50. The zero-order valence-electron chi connectivity index (χ0n) is 11.5. The van der Waals surface area contributed by atoms with E-state index in [0.717, 1.165) is 12.3 Å². The molecule has 2 rings (SSSR count). The summed E-state index contributed by atoms with van der Waals surface area (Å²) in [6, 6.07) is 0.780. The normalized spacial score (nSPS) is 21.6. The van der Waals surface area contributed by atoms with Crippen molar-refractivity contribution in [2.45, 2.75) is 31.8 Å². The Morgan fingerprint density at radius 2 is 2.10 bits per heavy atom. The van der Waals surface area contributed by atoms with Crippen molar-refractivity contribution in [2.24, 2.45) is 5.92 Å². The minimum atomic E-state index is -0.862. The number of nitro groups is 1. The molecule has 0 N–H and O–H groups in total. The first kappa shape index (κ1) is 15.1. The lowest BCUT2D eigenvalue weighted by Crippen LogP contribution is -2.29. The lowest BCUT2D eigenvalue weighted by atomic mass is 9.87. The maximum absolute atomic E-state index is 13.7. The second kappa shape index (κ2) is 6.47. The quantitative estimate of drug-likeness (QED) is 0.481. The van der Waals surface area contributed by atoms with Crippen molar-refractivity contribution in [1.29, 1.82) is 0 Å². The van der Waals surface area contributed by atoms with Gasteiger partial charge in [-0.1, -0.05) is 0 Å². The number of aromatic nitrogens is 1. The third-order valence-electron chi connectivity index (χ3n) is 3.49. The average Bonchev–Trinajstić information content (AvgIpc) is 2.49. The number of hydrogen-bond acceptors (Lipinski definition) is 6. The third-order valence-corrected chi connectivity index (χ3v) is 3.49. The number of esters is 1. The predicted octanol–water partition coefficient (Wildman–Crippen LogP) is 2.24. The van der Waals surface area contributed by atoms with Crippen LogP contribution in [0.1, 0.15) is 25.7 Å². The minimum Gasteiger partial charge on any atom is -0.472 e. The summed E-state index contributed by atoms with van der Waals surface area (Å²) < 4.78 is 23.8. The zero-order valence-corrected chi connectivity index (χ0v) is 11.5. The maximum Gasteiger partial charge on any atom is 0.308 e. The fraction of sp³-hybridized carbons (Fsp3) is 0.538. The molecule has 0 bridgehead atoms. The summed E-state index contributed by atoms with van der Waals surface area (Å²) >= 11 is 0. The Balaban J connectivity index is 1.95. The highest BCUT2D eigenvalue weighted by Gasteiger charge is 2.28. The number of nitrogens with zero attached hydrogens (tertiary/aromatic N) is 2. The number of methoxy groups -OCH3 is 1. The van der Waals surface area contributed by atoms with Gasteiger partial charge in [0.05, 0.1) is 24.0 Å². The molecule has 1 aromatic heterocycles. The van der Waals surface area contributed by atoms with Crippen LogP contribution < -0.4 is 4.74 Å². The van der Waals surface area contributed by atoms with Crippen molar-refractivity contribution in [3.05, 3.63) is 28.2 Å². The van der Waals surface area contributed by atoms with Crippen LogP contribution in [0.3, 0.4) is 0 Å². The van der Waals surface area contributed by atoms with E-state index in [1.807, 2.05) is 0 Å². The molecule has 1 saturated carbocycles. The van der Waals surface area contributed by atoms with Crippen molar-refractivity contribution in [3.8, 4) is 5.88 Å². The van der Waals surface area contributed by atoms with Crippen molar-refractivity contribution < 1.29 is 23.6 Å². The lowest BCUT2D eigenvalue weighted by molar-refractivity contribution is -0.385. The molecule has 1 aliphatic carbocycles. The number of carbonyl (C=O) groups is 1. The van der Waals surface area contributed by atoms with Gasteiger partial charge in [0.1, 0.15) is 12.3 Å². The van der Waals surface area contributed by atoms with Crippen molar-refractivity contribution in [3.63, 3.8) is 0 Å². The molecule has 0 amide bonds. The van der Waals surface area contributed by atoms with Gasteiger partial charge >= 0.3 is 5.97 Å². The Morgan fingerprint density at radius 3 is 2.62 bits per heavy atom. The second-order valence-corrected chi connectivity index (χ2v) is 4.85. The summed E-state index contributed by atoms with van der Waals surface area (Å²) in [7, 11) is 1.35. The maximum atomic E-state index is 13.7. The third kappa shape index (κ3) is 3.65. The highest BCUT2D eigenvalue weighted by Crippen LogP contribution is 2.29. The highest BCUT2D eigenvalue weighted by molar-refractivity contribution is 5.72. The molecule has 0 spiro atoms. The Bertz CT molecular complexity index is 543. The van der Waals surface area contributed by atoms with Crippen LogP contribution >= 0.6 is 0 Å². The van der Waals surface area contributed by atoms with Crippen molar-refractivity contribution in [1.82, 2.24) is 4.98 Å².